The van der Waals surface area contributed by atoms with E-state index in [1.165, 1.54) is 12.1 Å². The van der Waals surface area contributed by atoms with Gasteiger partial charge in [-0.25, -0.2) is 13.8 Å². The number of nitrogens with one attached hydrogen (secondary N) is 1. The van der Waals surface area contributed by atoms with E-state index in [1.54, 1.807) is 33.8 Å². The first-order chi connectivity index (χ1) is 14.2. The Morgan fingerprint density at radius 1 is 0.931 bits per heavy atom. The number of carbonyl (C=O) groups is 1. The molecule has 0 atom stereocenters. The molecule has 29 heavy (non-hydrogen) atoms. The van der Waals surface area contributed by atoms with Gasteiger partial charge in [0.05, 0.1) is 11.4 Å². The lowest BCUT2D eigenvalue weighted by molar-refractivity contribution is 0.102. The highest BCUT2D eigenvalue weighted by molar-refractivity contribution is 6.03. The fourth-order valence-corrected chi connectivity index (χ4v) is 3.71. The molecule has 2 aromatic heterocycles. The lowest BCUT2D eigenvalue weighted by Gasteiger charge is -2.05. The van der Waals surface area contributed by atoms with Crippen molar-refractivity contribution in [2.75, 3.05) is 5.32 Å². The van der Waals surface area contributed by atoms with Crippen molar-refractivity contribution in [2.45, 2.75) is 19.3 Å². The van der Waals surface area contributed by atoms with Crippen LogP contribution in [0.4, 0.5) is 10.2 Å². The number of aromatic nitrogens is 4. The second kappa shape index (κ2) is 7.01. The van der Waals surface area contributed by atoms with Crippen molar-refractivity contribution in [1.29, 1.82) is 0 Å². The molecular formula is C22H18FN5O. The molecule has 4 aromatic rings. The lowest BCUT2D eigenvalue weighted by Crippen LogP contribution is -2.15. The molecule has 1 aliphatic carbocycles. The zero-order chi connectivity index (χ0) is 19.8. The second-order valence-corrected chi connectivity index (χ2v) is 6.95. The maximum atomic E-state index is 13.3. The molecule has 0 saturated heterocycles. The fraction of sp³-hybridized carbons (Fsp3) is 0.136. The Bertz CT molecular complexity index is 1180. The van der Waals surface area contributed by atoms with Crippen molar-refractivity contribution in [1.82, 2.24) is 19.6 Å². The molecule has 0 unspecified atom stereocenters. The summed E-state index contributed by atoms with van der Waals surface area (Å²) in [5, 5.41) is 11.8. The normalized spacial score (nSPS) is 12.7. The Labute approximate surface area is 166 Å². The summed E-state index contributed by atoms with van der Waals surface area (Å²) in [6, 6.07) is 17.6. The molecule has 0 saturated carbocycles. The van der Waals surface area contributed by atoms with Crippen LogP contribution < -0.4 is 5.32 Å². The number of hydrogen-bond donors (Lipinski definition) is 1. The van der Waals surface area contributed by atoms with Crippen LogP contribution in [0, 0.1) is 5.82 Å². The molecule has 1 amide bonds. The van der Waals surface area contributed by atoms with Crippen LogP contribution in [0.15, 0.2) is 66.9 Å². The van der Waals surface area contributed by atoms with Gasteiger partial charge in [0.2, 0.25) is 0 Å². The molecule has 7 heteroatoms. The summed E-state index contributed by atoms with van der Waals surface area (Å²) in [6.45, 7) is 0. The van der Waals surface area contributed by atoms with Gasteiger partial charge in [-0.05, 0) is 55.7 Å². The first-order valence-electron chi connectivity index (χ1n) is 9.48. The van der Waals surface area contributed by atoms with Crippen LogP contribution in [-0.4, -0.2) is 25.5 Å². The molecule has 144 valence electrons. The summed E-state index contributed by atoms with van der Waals surface area (Å²) in [6.07, 6.45) is 4.41. The van der Waals surface area contributed by atoms with Crippen LogP contribution in [0.3, 0.4) is 0 Å². The van der Waals surface area contributed by atoms with Crippen LogP contribution in [0.5, 0.6) is 0 Å². The van der Waals surface area contributed by atoms with Gasteiger partial charge in [-0.1, -0.05) is 18.2 Å². The second-order valence-electron chi connectivity index (χ2n) is 6.95. The summed E-state index contributed by atoms with van der Waals surface area (Å²) in [5.41, 5.74) is 4.02. The van der Waals surface area contributed by atoms with E-state index in [0.29, 0.717) is 11.5 Å². The zero-order valence-electron chi connectivity index (χ0n) is 15.5. The average Bonchev–Trinajstić information content (AvgIpc) is 3.46. The molecular weight excluding hydrogens is 369 g/mol. The number of carbonyl (C=O) groups excluding carboxylic acids is 1. The maximum Gasteiger partial charge on any atom is 0.277 e. The van der Waals surface area contributed by atoms with Gasteiger partial charge in [-0.2, -0.15) is 10.2 Å². The van der Waals surface area contributed by atoms with Gasteiger partial charge >= 0.3 is 0 Å². The van der Waals surface area contributed by atoms with E-state index in [-0.39, 0.29) is 11.7 Å². The molecule has 0 bridgehead atoms. The molecule has 0 fully saturated rings. The van der Waals surface area contributed by atoms with Crippen molar-refractivity contribution >= 4 is 11.7 Å². The van der Waals surface area contributed by atoms with E-state index < -0.39 is 0 Å². The van der Waals surface area contributed by atoms with Crippen LogP contribution in [-0.2, 0) is 12.8 Å². The molecule has 0 radical (unpaired) electrons. The van der Waals surface area contributed by atoms with Gasteiger partial charge in [-0.3, -0.25) is 4.79 Å². The summed E-state index contributed by atoms with van der Waals surface area (Å²) in [5.74, 6) is -0.131. The quantitative estimate of drug-likeness (QED) is 0.577. The largest absolute Gasteiger partial charge is 0.304 e. The number of hydrogen-bond acceptors (Lipinski definition) is 3. The number of anilines is 1. The molecule has 0 aliphatic heterocycles. The highest BCUT2D eigenvalue weighted by atomic mass is 19.1. The summed E-state index contributed by atoms with van der Waals surface area (Å²) >= 11 is 0. The molecule has 2 heterocycles. The third-order valence-electron chi connectivity index (χ3n) is 5.07. The summed E-state index contributed by atoms with van der Waals surface area (Å²) in [4.78, 5) is 12.9. The molecule has 2 aromatic carbocycles. The predicted molar refractivity (Wildman–Crippen MR) is 107 cm³/mol. The first kappa shape index (κ1) is 17.4. The van der Waals surface area contributed by atoms with E-state index in [9.17, 15) is 9.18 Å². The summed E-state index contributed by atoms with van der Waals surface area (Å²) < 4.78 is 16.7. The lowest BCUT2D eigenvalue weighted by atomic mass is 10.2. The van der Waals surface area contributed by atoms with Gasteiger partial charge in [-0.15, -0.1) is 0 Å². The molecule has 1 N–H and O–H groups in total. The third kappa shape index (κ3) is 3.20. The van der Waals surface area contributed by atoms with Crippen LogP contribution >= 0.6 is 0 Å². The number of halogens is 1. The van der Waals surface area contributed by atoms with Gasteiger partial charge < -0.3 is 5.32 Å². The Hall–Kier alpha value is -3.74. The number of para-hydroxylation sites is 1. The Balaban J connectivity index is 1.43. The smallest absolute Gasteiger partial charge is 0.277 e. The summed E-state index contributed by atoms with van der Waals surface area (Å²) in [7, 11) is 0. The predicted octanol–water partition coefficient (Wildman–Crippen LogP) is 3.94. The van der Waals surface area contributed by atoms with Crippen LogP contribution in [0.1, 0.15) is 28.2 Å². The van der Waals surface area contributed by atoms with Crippen molar-refractivity contribution in [3.8, 4) is 11.4 Å². The number of rotatable bonds is 4. The standard InChI is InChI=1S/C22H18FN5O/c23-15-9-11-17(12-10-15)28-19-8-4-7-18(19)21(26-28)22(29)24-20-13-14-27(25-20)16-5-2-1-3-6-16/h1-3,5-6,9-14H,4,7-8H2,(H,24,25,29). The van der Waals surface area contributed by atoms with Gasteiger partial charge in [0, 0.05) is 23.5 Å². The number of amides is 1. The molecule has 1 aliphatic rings. The number of benzene rings is 2. The van der Waals surface area contributed by atoms with E-state index in [4.69, 9.17) is 0 Å². The highest BCUT2D eigenvalue weighted by Crippen LogP contribution is 2.28. The molecule has 6 nitrogen and oxygen atoms in total. The van der Waals surface area contributed by atoms with Crippen molar-refractivity contribution in [3.05, 3.63) is 89.6 Å². The van der Waals surface area contributed by atoms with Crippen molar-refractivity contribution in [3.63, 3.8) is 0 Å². The van der Waals surface area contributed by atoms with Crippen LogP contribution in [0.2, 0.25) is 0 Å². The minimum absolute atomic E-state index is 0.290. The zero-order valence-corrected chi connectivity index (χ0v) is 15.5. The Kier molecular flexibility index (Phi) is 4.20. The number of nitrogens with zero attached hydrogens (tertiary/aromatic N) is 4. The Morgan fingerprint density at radius 2 is 1.72 bits per heavy atom. The first-order valence-corrected chi connectivity index (χ1v) is 9.48. The maximum absolute atomic E-state index is 13.3. The average molecular weight is 387 g/mol. The Morgan fingerprint density at radius 3 is 2.52 bits per heavy atom. The van der Waals surface area contributed by atoms with Crippen molar-refractivity contribution in [2.24, 2.45) is 0 Å². The van der Waals surface area contributed by atoms with E-state index in [0.717, 1.165) is 41.9 Å². The third-order valence-corrected chi connectivity index (χ3v) is 5.07. The van der Waals surface area contributed by atoms with E-state index >= 15 is 0 Å². The van der Waals surface area contributed by atoms with E-state index in [1.807, 2.05) is 30.3 Å². The molecule has 5 rings (SSSR count). The monoisotopic (exact) mass is 387 g/mol. The van der Waals surface area contributed by atoms with Gasteiger partial charge in [0.1, 0.15) is 5.82 Å². The van der Waals surface area contributed by atoms with E-state index in [2.05, 4.69) is 15.5 Å². The van der Waals surface area contributed by atoms with Crippen molar-refractivity contribution < 1.29 is 9.18 Å². The minimum Gasteiger partial charge on any atom is -0.304 e. The number of fused-ring (bicyclic) bond motifs is 1. The van der Waals surface area contributed by atoms with Crippen LogP contribution in [0.25, 0.3) is 11.4 Å². The minimum atomic E-state index is -0.301. The molecule has 0 spiro atoms. The van der Waals surface area contributed by atoms with Gasteiger partial charge in [0.15, 0.2) is 11.5 Å². The fourth-order valence-electron chi connectivity index (χ4n) is 3.71. The highest BCUT2D eigenvalue weighted by Gasteiger charge is 2.27. The SMILES string of the molecule is O=C(Nc1ccn(-c2ccccc2)n1)c1nn(-c2ccc(F)cc2)c2c1CCC2. The topological polar surface area (TPSA) is 64.7 Å². The van der Waals surface area contributed by atoms with Gasteiger partial charge in [0.25, 0.3) is 5.91 Å².